The summed E-state index contributed by atoms with van der Waals surface area (Å²) in [7, 11) is 0. The van der Waals surface area contributed by atoms with E-state index in [1.165, 1.54) is 0 Å². The van der Waals surface area contributed by atoms with E-state index in [4.69, 9.17) is 4.74 Å². The molecule has 1 spiro atoms. The molecule has 2 aliphatic rings. The van der Waals surface area contributed by atoms with Gasteiger partial charge >= 0.3 is 0 Å². The maximum Gasteiger partial charge on any atom is 0.248 e. The molecular formula is C23H34N4O3. The summed E-state index contributed by atoms with van der Waals surface area (Å²) < 4.78 is 7.72. The Bertz CT molecular complexity index is 867. The number of aromatic nitrogens is 2. The monoisotopic (exact) mass is 414 g/mol. The van der Waals surface area contributed by atoms with E-state index >= 15 is 0 Å². The number of rotatable bonds is 6. The van der Waals surface area contributed by atoms with Gasteiger partial charge in [-0.3, -0.25) is 4.79 Å². The fourth-order valence-electron chi connectivity index (χ4n) is 4.97. The van der Waals surface area contributed by atoms with Crippen molar-refractivity contribution in [3.63, 3.8) is 0 Å². The molecule has 7 heteroatoms. The van der Waals surface area contributed by atoms with Gasteiger partial charge in [0, 0.05) is 44.7 Å². The van der Waals surface area contributed by atoms with E-state index in [-0.39, 0.29) is 30.1 Å². The maximum atomic E-state index is 12.6. The van der Waals surface area contributed by atoms with Crippen LogP contribution >= 0.6 is 0 Å². The van der Waals surface area contributed by atoms with Gasteiger partial charge in [0.05, 0.1) is 29.6 Å². The van der Waals surface area contributed by atoms with Crippen LogP contribution in [0.2, 0.25) is 0 Å². The molecule has 0 saturated carbocycles. The molecule has 2 fully saturated rings. The zero-order chi connectivity index (χ0) is 21.1. The predicted molar refractivity (Wildman–Crippen MR) is 116 cm³/mol. The quantitative estimate of drug-likeness (QED) is 0.784. The van der Waals surface area contributed by atoms with Crippen LogP contribution in [0.3, 0.4) is 0 Å². The molecule has 0 bridgehead atoms. The summed E-state index contributed by atoms with van der Waals surface area (Å²) in [6, 6.07) is 8.20. The van der Waals surface area contributed by atoms with Crippen molar-refractivity contribution in [3.8, 4) is 0 Å². The second-order valence-electron chi connectivity index (χ2n) is 9.15. The van der Waals surface area contributed by atoms with Crippen LogP contribution in [0.25, 0.3) is 11.0 Å². The van der Waals surface area contributed by atoms with Crippen molar-refractivity contribution in [3.05, 3.63) is 30.6 Å². The third kappa shape index (κ3) is 4.53. The third-order valence-corrected chi connectivity index (χ3v) is 6.65. The minimum atomic E-state index is -0.357. The van der Waals surface area contributed by atoms with Gasteiger partial charge in [0.25, 0.3) is 0 Å². The molecule has 1 N–H and O–H groups in total. The maximum absolute atomic E-state index is 12.6. The number of para-hydroxylation sites is 2. The Labute approximate surface area is 178 Å². The number of piperidine rings is 2. The van der Waals surface area contributed by atoms with Crippen molar-refractivity contribution in [1.82, 2.24) is 19.4 Å². The van der Waals surface area contributed by atoms with Gasteiger partial charge in [-0.05, 0) is 45.2 Å². The van der Waals surface area contributed by atoms with Gasteiger partial charge in [-0.25, -0.2) is 4.98 Å². The molecule has 2 atom stereocenters. The first-order valence-corrected chi connectivity index (χ1v) is 11.2. The van der Waals surface area contributed by atoms with Gasteiger partial charge in [0.2, 0.25) is 5.91 Å². The van der Waals surface area contributed by atoms with E-state index in [1.54, 1.807) is 0 Å². The van der Waals surface area contributed by atoms with E-state index in [1.807, 2.05) is 43.3 Å². The molecule has 4 rings (SSSR count). The van der Waals surface area contributed by atoms with Gasteiger partial charge in [-0.15, -0.1) is 0 Å². The average molecular weight is 415 g/mol. The topological polar surface area (TPSA) is 70.8 Å². The largest absolute Gasteiger partial charge is 0.392 e. The lowest BCUT2D eigenvalue weighted by molar-refractivity contribution is -0.147. The van der Waals surface area contributed by atoms with E-state index in [0.717, 1.165) is 63.0 Å². The van der Waals surface area contributed by atoms with Gasteiger partial charge < -0.3 is 24.2 Å². The fraction of sp³-hybridized carbons (Fsp3) is 0.652. The number of imidazole rings is 1. The van der Waals surface area contributed by atoms with Gasteiger partial charge in [0.15, 0.2) is 0 Å². The standard InChI is InChI=1S/C23H34N4O3/c1-18(2)30-14-22(29)26-10-5-9-23(16-26)15-25(11-8-21(23)28)12-13-27-17-24-19-6-3-4-7-20(19)27/h3-4,6-7,17-18,21,28H,5,8-16H2,1-2H3/t21-,23-/m1/s1. The van der Waals surface area contributed by atoms with E-state index in [2.05, 4.69) is 20.5 Å². The Kier molecular flexibility index (Phi) is 6.41. The number of ether oxygens (including phenoxy) is 1. The van der Waals surface area contributed by atoms with Crippen LogP contribution in [0.4, 0.5) is 0 Å². The molecule has 3 heterocycles. The van der Waals surface area contributed by atoms with Crippen LogP contribution in [-0.2, 0) is 16.1 Å². The highest BCUT2D eigenvalue weighted by atomic mass is 16.5. The van der Waals surface area contributed by atoms with Gasteiger partial charge in [-0.1, -0.05) is 12.1 Å². The summed E-state index contributed by atoms with van der Waals surface area (Å²) in [6.45, 7) is 8.90. The lowest BCUT2D eigenvalue weighted by atomic mass is 9.71. The van der Waals surface area contributed by atoms with Crippen LogP contribution in [0.15, 0.2) is 30.6 Å². The number of aliphatic hydroxyl groups excluding tert-OH is 1. The van der Waals surface area contributed by atoms with Gasteiger partial charge in [-0.2, -0.15) is 0 Å². The second-order valence-corrected chi connectivity index (χ2v) is 9.15. The van der Waals surface area contributed by atoms with Crippen molar-refractivity contribution in [1.29, 1.82) is 0 Å². The van der Waals surface area contributed by atoms with Crippen LogP contribution < -0.4 is 0 Å². The minimum absolute atomic E-state index is 0.0389. The molecule has 164 valence electrons. The zero-order valence-electron chi connectivity index (χ0n) is 18.2. The van der Waals surface area contributed by atoms with Crippen molar-refractivity contribution >= 4 is 16.9 Å². The first-order chi connectivity index (χ1) is 14.5. The number of benzene rings is 1. The Hall–Kier alpha value is -1.96. The second kappa shape index (κ2) is 9.04. The molecule has 0 aliphatic carbocycles. The highest BCUT2D eigenvalue weighted by Gasteiger charge is 2.46. The smallest absolute Gasteiger partial charge is 0.248 e. The molecule has 1 aromatic heterocycles. The summed E-state index contributed by atoms with van der Waals surface area (Å²) in [5.41, 5.74) is 1.94. The Morgan fingerprint density at radius 1 is 1.27 bits per heavy atom. The molecule has 2 aliphatic heterocycles. The van der Waals surface area contributed by atoms with Crippen LogP contribution in [0.5, 0.6) is 0 Å². The lowest BCUT2D eigenvalue weighted by Gasteiger charge is -2.51. The minimum Gasteiger partial charge on any atom is -0.392 e. The number of amides is 1. The predicted octanol–water partition coefficient (Wildman–Crippen LogP) is 2.14. The lowest BCUT2D eigenvalue weighted by Crippen LogP contribution is -2.60. The molecule has 0 unspecified atom stereocenters. The normalized spacial score (nSPS) is 25.5. The van der Waals surface area contributed by atoms with E-state index in [0.29, 0.717) is 6.54 Å². The Morgan fingerprint density at radius 2 is 2.10 bits per heavy atom. The number of likely N-dealkylation sites (tertiary alicyclic amines) is 2. The molecule has 1 aromatic carbocycles. The van der Waals surface area contributed by atoms with Crippen molar-refractivity contribution in [2.75, 3.05) is 39.3 Å². The number of fused-ring (bicyclic) bond motifs is 1. The number of aliphatic hydroxyl groups is 1. The number of carbonyl (C=O) groups excluding carboxylic acids is 1. The van der Waals surface area contributed by atoms with Gasteiger partial charge in [0.1, 0.15) is 6.61 Å². The third-order valence-electron chi connectivity index (χ3n) is 6.65. The summed E-state index contributed by atoms with van der Waals surface area (Å²) in [4.78, 5) is 21.5. The van der Waals surface area contributed by atoms with Crippen LogP contribution in [0.1, 0.15) is 33.1 Å². The summed E-state index contributed by atoms with van der Waals surface area (Å²) >= 11 is 0. The number of carbonyl (C=O) groups is 1. The summed E-state index contributed by atoms with van der Waals surface area (Å²) in [6.07, 6.45) is 4.26. The van der Waals surface area contributed by atoms with E-state index in [9.17, 15) is 9.90 Å². The average Bonchev–Trinajstić information content (AvgIpc) is 3.16. The summed E-state index contributed by atoms with van der Waals surface area (Å²) in [5.74, 6) is 0.0389. The van der Waals surface area contributed by atoms with Crippen molar-refractivity contribution < 1.29 is 14.6 Å². The highest BCUT2D eigenvalue weighted by Crippen LogP contribution is 2.38. The molecule has 2 aromatic rings. The van der Waals surface area contributed by atoms with E-state index < -0.39 is 0 Å². The first kappa shape index (κ1) is 21.3. The molecule has 2 saturated heterocycles. The molecule has 30 heavy (non-hydrogen) atoms. The Morgan fingerprint density at radius 3 is 2.93 bits per heavy atom. The highest BCUT2D eigenvalue weighted by molar-refractivity contribution is 5.77. The number of nitrogens with zero attached hydrogens (tertiary/aromatic N) is 4. The SMILES string of the molecule is CC(C)OCC(=O)N1CCC[C@@]2(CN(CCn3cnc4ccccc43)CC[C@H]2O)C1. The van der Waals surface area contributed by atoms with Crippen molar-refractivity contribution in [2.24, 2.45) is 5.41 Å². The molecule has 1 amide bonds. The van der Waals surface area contributed by atoms with Crippen LogP contribution in [-0.4, -0.2) is 81.9 Å². The zero-order valence-corrected chi connectivity index (χ0v) is 18.2. The first-order valence-electron chi connectivity index (χ1n) is 11.2. The van der Waals surface area contributed by atoms with Crippen molar-refractivity contribution in [2.45, 2.75) is 51.9 Å². The molecular weight excluding hydrogens is 380 g/mol. The number of hydrogen-bond donors (Lipinski definition) is 1. The summed E-state index contributed by atoms with van der Waals surface area (Å²) in [5, 5.41) is 10.9. The fourth-order valence-corrected chi connectivity index (χ4v) is 4.97. The Balaban J connectivity index is 1.39. The van der Waals surface area contributed by atoms with Crippen LogP contribution in [0, 0.1) is 5.41 Å². The number of hydrogen-bond acceptors (Lipinski definition) is 5. The molecule has 7 nitrogen and oxygen atoms in total. The molecule has 0 radical (unpaired) electrons.